The fourth-order valence-corrected chi connectivity index (χ4v) is 3.13. The Hall–Kier alpha value is -3.20. The maximum atomic E-state index is 10.0. The van der Waals surface area contributed by atoms with Gasteiger partial charge in [-0.2, -0.15) is 0 Å². The maximum absolute atomic E-state index is 10.0. The molecule has 0 heterocycles. The zero-order chi connectivity index (χ0) is 19.8. The Morgan fingerprint density at radius 3 is 1.96 bits per heavy atom. The number of rotatable bonds is 9. The van der Waals surface area contributed by atoms with Gasteiger partial charge in [-0.15, -0.1) is 0 Å². The fourth-order valence-electron chi connectivity index (χ4n) is 3.13. The lowest BCUT2D eigenvalue weighted by Crippen LogP contribution is -2.06. The van der Waals surface area contributed by atoms with Crippen LogP contribution in [0.3, 0.4) is 0 Å². The molecule has 3 aromatic carbocycles. The van der Waals surface area contributed by atoms with E-state index in [0.717, 1.165) is 28.9 Å². The smallest absolute Gasteiger partial charge is 0.127 e. The molecule has 0 saturated carbocycles. The van der Waals surface area contributed by atoms with Crippen molar-refractivity contribution in [1.29, 1.82) is 0 Å². The summed E-state index contributed by atoms with van der Waals surface area (Å²) < 4.78 is 12.1. The molecular weight excluding hydrogens is 348 g/mol. The van der Waals surface area contributed by atoms with E-state index in [-0.39, 0.29) is 11.7 Å². The molecule has 3 aromatic rings. The van der Waals surface area contributed by atoms with Crippen LogP contribution in [-0.4, -0.2) is 5.11 Å². The molecular formula is C25H26O3. The monoisotopic (exact) mass is 374 g/mol. The van der Waals surface area contributed by atoms with E-state index in [2.05, 4.69) is 6.58 Å². The van der Waals surface area contributed by atoms with E-state index in [4.69, 9.17) is 9.47 Å². The average Bonchev–Trinajstić information content (AvgIpc) is 2.73. The molecule has 0 aliphatic rings. The molecule has 1 unspecified atom stereocenters. The van der Waals surface area contributed by atoms with Crippen LogP contribution in [0.1, 0.15) is 36.0 Å². The Balaban J connectivity index is 1.81. The van der Waals surface area contributed by atoms with E-state index >= 15 is 0 Å². The molecule has 1 N–H and O–H groups in total. The van der Waals surface area contributed by atoms with Crippen LogP contribution in [0.5, 0.6) is 11.5 Å². The molecule has 0 fully saturated rings. The summed E-state index contributed by atoms with van der Waals surface area (Å²) in [6, 6.07) is 25.8. The lowest BCUT2D eigenvalue weighted by molar-refractivity contribution is 0.284. The molecule has 3 heteroatoms. The van der Waals surface area contributed by atoms with E-state index in [0.29, 0.717) is 19.0 Å². The van der Waals surface area contributed by atoms with Gasteiger partial charge in [0.15, 0.2) is 0 Å². The third-order valence-corrected chi connectivity index (χ3v) is 4.66. The largest absolute Gasteiger partial charge is 0.512 e. The normalized spacial score (nSPS) is 11.6. The van der Waals surface area contributed by atoms with E-state index < -0.39 is 0 Å². The summed E-state index contributed by atoms with van der Waals surface area (Å²) in [7, 11) is 0. The van der Waals surface area contributed by atoms with Crippen LogP contribution >= 0.6 is 0 Å². The number of ether oxygens (including phenoxy) is 2. The third kappa shape index (κ3) is 5.17. The number of benzene rings is 3. The lowest BCUT2D eigenvalue weighted by Gasteiger charge is -2.20. The standard InChI is InChI=1S/C25H26O3/c1-3-23(19(2)26)24-15-14-22(27-17-20-10-6-4-7-11-20)16-25(24)28-18-21-12-8-5-9-13-21/h4-16,23,26H,2-3,17-18H2,1H3. The van der Waals surface area contributed by atoms with Crippen molar-refractivity contribution in [2.45, 2.75) is 32.5 Å². The van der Waals surface area contributed by atoms with Crippen molar-refractivity contribution in [1.82, 2.24) is 0 Å². The van der Waals surface area contributed by atoms with Crippen molar-refractivity contribution >= 4 is 0 Å². The molecule has 0 aliphatic heterocycles. The SMILES string of the molecule is C=C(O)C(CC)c1ccc(OCc2ccccc2)cc1OCc1ccccc1. The van der Waals surface area contributed by atoms with Crippen molar-refractivity contribution < 1.29 is 14.6 Å². The molecule has 144 valence electrons. The van der Waals surface area contributed by atoms with E-state index in [9.17, 15) is 5.11 Å². The Kier molecular flexibility index (Phi) is 6.74. The van der Waals surface area contributed by atoms with Crippen molar-refractivity contribution in [2.24, 2.45) is 0 Å². The average molecular weight is 374 g/mol. The molecule has 0 bridgehead atoms. The van der Waals surface area contributed by atoms with Crippen LogP contribution in [-0.2, 0) is 13.2 Å². The van der Waals surface area contributed by atoms with Crippen LogP contribution in [0.15, 0.2) is 91.2 Å². The lowest BCUT2D eigenvalue weighted by atomic mass is 9.94. The zero-order valence-corrected chi connectivity index (χ0v) is 16.2. The second kappa shape index (κ2) is 9.65. The van der Waals surface area contributed by atoms with Gasteiger partial charge < -0.3 is 14.6 Å². The minimum absolute atomic E-state index is 0.144. The van der Waals surface area contributed by atoms with Crippen molar-refractivity contribution in [3.05, 3.63) is 108 Å². The first-order valence-electron chi connectivity index (χ1n) is 9.52. The van der Waals surface area contributed by atoms with Gasteiger partial charge in [0, 0.05) is 17.5 Å². The predicted molar refractivity (Wildman–Crippen MR) is 113 cm³/mol. The highest BCUT2D eigenvalue weighted by molar-refractivity contribution is 5.45. The van der Waals surface area contributed by atoms with Gasteiger partial charge in [0.25, 0.3) is 0 Å². The van der Waals surface area contributed by atoms with E-state index in [1.54, 1.807) is 0 Å². The first-order valence-corrected chi connectivity index (χ1v) is 9.52. The Morgan fingerprint density at radius 2 is 1.43 bits per heavy atom. The summed E-state index contributed by atoms with van der Waals surface area (Å²) in [5.74, 6) is 1.41. The van der Waals surface area contributed by atoms with Gasteiger partial charge in [-0.1, -0.05) is 80.2 Å². The summed E-state index contributed by atoms with van der Waals surface area (Å²) in [5, 5.41) is 10.0. The highest BCUT2D eigenvalue weighted by Gasteiger charge is 2.18. The molecule has 0 spiro atoms. The maximum Gasteiger partial charge on any atom is 0.127 e. The molecule has 0 radical (unpaired) electrons. The molecule has 0 saturated heterocycles. The van der Waals surface area contributed by atoms with Crippen LogP contribution in [0, 0.1) is 0 Å². The quantitative estimate of drug-likeness (QED) is 0.440. The summed E-state index contributed by atoms with van der Waals surface area (Å²) in [6.07, 6.45) is 0.737. The van der Waals surface area contributed by atoms with E-state index in [1.165, 1.54) is 0 Å². The topological polar surface area (TPSA) is 38.7 Å². The number of aliphatic hydroxyl groups is 1. The van der Waals surface area contributed by atoms with Crippen molar-refractivity contribution in [2.75, 3.05) is 0 Å². The summed E-state index contributed by atoms with van der Waals surface area (Å²) in [6.45, 7) is 6.69. The molecule has 0 aromatic heterocycles. The Bertz CT molecular complexity index is 888. The second-order valence-electron chi connectivity index (χ2n) is 6.70. The van der Waals surface area contributed by atoms with Gasteiger partial charge in [-0.25, -0.2) is 0 Å². The highest BCUT2D eigenvalue weighted by atomic mass is 16.5. The first-order chi connectivity index (χ1) is 13.7. The van der Waals surface area contributed by atoms with Gasteiger partial charge >= 0.3 is 0 Å². The fraction of sp³-hybridized carbons (Fsp3) is 0.200. The van der Waals surface area contributed by atoms with Gasteiger partial charge in [0.2, 0.25) is 0 Å². The molecule has 1 atom stereocenters. The number of aliphatic hydroxyl groups excluding tert-OH is 1. The van der Waals surface area contributed by atoms with Crippen LogP contribution in [0.4, 0.5) is 0 Å². The summed E-state index contributed by atoms with van der Waals surface area (Å²) in [4.78, 5) is 0. The van der Waals surface area contributed by atoms with Gasteiger partial charge in [-0.3, -0.25) is 0 Å². The van der Waals surface area contributed by atoms with Crippen LogP contribution in [0.25, 0.3) is 0 Å². The third-order valence-electron chi connectivity index (χ3n) is 4.66. The second-order valence-corrected chi connectivity index (χ2v) is 6.70. The number of allylic oxidation sites excluding steroid dienone is 1. The zero-order valence-electron chi connectivity index (χ0n) is 16.2. The summed E-state index contributed by atoms with van der Waals surface area (Å²) >= 11 is 0. The molecule has 0 aliphatic carbocycles. The minimum atomic E-state index is -0.172. The Labute approximate surface area is 166 Å². The molecule has 3 rings (SSSR count). The highest BCUT2D eigenvalue weighted by Crippen LogP contribution is 2.36. The summed E-state index contributed by atoms with van der Waals surface area (Å²) in [5.41, 5.74) is 3.10. The predicted octanol–water partition coefficient (Wildman–Crippen LogP) is 6.41. The number of hydrogen-bond donors (Lipinski definition) is 1. The van der Waals surface area contributed by atoms with Gasteiger partial charge in [0.1, 0.15) is 24.7 Å². The number of hydrogen-bond acceptors (Lipinski definition) is 3. The first kappa shape index (κ1) is 19.6. The van der Waals surface area contributed by atoms with Crippen molar-refractivity contribution in [3.63, 3.8) is 0 Å². The molecule has 28 heavy (non-hydrogen) atoms. The molecule has 0 amide bonds. The van der Waals surface area contributed by atoms with Gasteiger partial charge in [-0.05, 0) is 23.6 Å². The Morgan fingerprint density at radius 1 is 0.857 bits per heavy atom. The van der Waals surface area contributed by atoms with Gasteiger partial charge in [0.05, 0.1) is 5.76 Å². The van der Waals surface area contributed by atoms with Crippen LogP contribution < -0.4 is 9.47 Å². The van der Waals surface area contributed by atoms with E-state index in [1.807, 2.05) is 85.8 Å². The van der Waals surface area contributed by atoms with Crippen molar-refractivity contribution in [3.8, 4) is 11.5 Å². The molecule has 3 nitrogen and oxygen atoms in total. The minimum Gasteiger partial charge on any atom is -0.512 e. The van der Waals surface area contributed by atoms with Crippen LogP contribution in [0.2, 0.25) is 0 Å².